The van der Waals surface area contributed by atoms with Gasteiger partial charge < -0.3 is 24.5 Å². The molecule has 3 aliphatic rings. The molecule has 43 heavy (non-hydrogen) atoms. The van der Waals surface area contributed by atoms with Gasteiger partial charge in [-0.15, -0.1) is 13.2 Å². The molecule has 3 aliphatic heterocycles. The molecule has 2 unspecified atom stereocenters. The number of nitrogens with zero attached hydrogens (tertiary/aromatic N) is 3. The summed E-state index contributed by atoms with van der Waals surface area (Å²) in [5.74, 6) is -2.08. The van der Waals surface area contributed by atoms with Crippen LogP contribution in [0.3, 0.4) is 0 Å². The maximum absolute atomic E-state index is 15.1. The van der Waals surface area contributed by atoms with Gasteiger partial charge in [-0.3, -0.25) is 14.4 Å². The third-order valence-electron chi connectivity index (χ3n) is 10.4. The molecule has 0 aromatic rings. The van der Waals surface area contributed by atoms with E-state index in [1.807, 2.05) is 32.6 Å². The van der Waals surface area contributed by atoms with Crippen LogP contribution in [-0.4, -0.2) is 92.6 Å². The van der Waals surface area contributed by atoms with E-state index < -0.39 is 40.7 Å². The second-order valence-corrected chi connectivity index (χ2v) is 15.1. The molecule has 0 saturated carbocycles. The first-order valence-electron chi connectivity index (χ1n) is 16.5. The first kappa shape index (κ1) is 35.3. The van der Waals surface area contributed by atoms with E-state index in [1.165, 1.54) is 0 Å². The number of aliphatic hydroxyl groups excluding tert-OH is 1. The molecule has 8 nitrogen and oxygen atoms in total. The summed E-state index contributed by atoms with van der Waals surface area (Å²) in [6.07, 6.45) is 7.40. The topological polar surface area (TPSA) is 90.4 Å². The van der Waals surface area contributed by atoms with Gasteiger partial charge in [-0.05, 0) is 57.3 Å². The van der Waals surface area contributed by atoms with Gasteiger partial charge in [0.2, 0.25) is 17.7 Å². The Morgan fingerprint density at radius 3 is 2.21 bits per heavy atom. The summed E-state index contributed by atoms with van der Waals surface area (Å²) in [7, 11) is 0. The fourth-order valence-corrected chi connectivity index (χ4v) is 8.70. The minimum Gasteiger partial charge on any atom is -0.394 e. The summed E-state index contributed by atoms with van der Waals surface area (Å²) in [6, 6.07) is -1.51. The summed E-state index contributed by atoms with van der Waals surface area (Å²) in [5.41, 5.74) is -2.56. The van der Waals surface area contributed by atoms with Gasteiger partial charge in [-0.1, -0.05) is 67.0 Å². The summed E-state index contributed by atoms with van der Waals surface area (Å²) in [4.78, 5) is 49.6. The highest BCUT2D eigenvalue weighted by molar-refractivity contribution is 5.99. The van der Waals surface area contributed by atoms with Gasteiger partial charge in [0.25, 0.3) is 0 Å². The molecule has 3 fully saturated rings. The van der Waals surface area contributed by atoms with Gasteiger partial charge in [-0.25, -0.2) is 0 Å². The van der Waals surface area contributed by atoms with Crippen molar-refractivity contribution in [2.24, 2.45) is 23.2 Å². The van der Waals surface area contributed by atoms with Crippen molar-refractivity contribution < 1.29 is 24.2 Å². The molecule has 3 amide bonds. The van der Waals surface area contributed by atoms with E-state index in [1.54, 1.807) is 22.0 Å². The third-order valence-corrected chi connectivity index (χ3v) is 10.4. The Morgan fingerprint density at radius 2 is 1.72 bits per heavy atom. The minimum atomic E-state index is -1.14. The molecule has 2 bridgehead atoms. The van der Waals surface area contributed by atoms with E-state index in [-0.39, 0.29) is 35.7 Å². The van der Waals surface area contributed by atoms with Crippen LogP contribution in [-0.2, 0) is 19.1 Å². The average molecular weight is 602 g/mol. The Hall–Kier alpha value is -2.19. The van der Waals surface area contributed by atoms with Crippen LogP contribution in [0.2, 0.25) is 0 Å². The molecule has 8 heteroatoms. The zero-order valence-corrected chi connectivity index (χ0v) is 28.4. The monoisotopic (exact) mass is 601 g/mol. The maximum Gasteiger partial charge on any atom is 0.249 e. The molecule has 0 aromatic heterocycles. The lowest BCUT2D eigenvalue weighted by molar-refractivity contribution is -0.162. The van der Waals surface area contributed by atoms with E-state index in [4.69, 9.17) is 4.74 Å². The first-order chi connectivity index (χ1) is 20.1. The van der Waals surface area contributed by atoms with E-state index in [0.29, 0.717) is 38.9 Å². The second kappa shape index (κ2) is 13.0. The fourth-order valence-electron chi connectivity index (χ4n) is 8.70. The number of fused-ring (bicyclic) bond motifs is 1. The number of carbonyl (C=O) groups is 3. The Bertz CT molecular complexity index is 1070. The van der Waals surface area contributed by atoms with Gasteiger partial charge in [0.15, 0.2) is 0 Å². The van der Waals surface area contributed by atoms with Crippen LogP contribution in [0.25, 0.3) is 0 Å². The van der Waals surface area contributed by atoms with Crippen LogP contribution in [0.4, 0.5) is 0 Å². The highest BCUT2D eigenvalue weighted by atomic mass is 16.5. The van der Waals surface area contributed by atoms with Gasteiger partial charge in [0.1, 0.15) is 11.6 Å². The zero-order valence-electron chi connectivity index (χ0n) is 28.4. The summed E-state index contributed by atoms with van der Waals surface area (Å²) < 4.78 is 7.05. The highest BCUT2D eigenvalue weighted by Crippen LogP contribution is 2.65. The molecule has 0 radical (unpaired) electrons. The Labute approximate surface area is 260 Å². The molecule has 0 aliphatic carbocycles. The Balaban J connectivity index is 2.25. The van der Waals surface area contributed by atoms with Crippen LogP contribution < -0.4 is 0 Å². The molecule has 1 spiro atoms. The average Bonchev–Trinajstić information content (AvgIpc) is 3.53. The van der Waals surface area contributed by atoms with Crippen LogP contribution >= 0.6 is 0 Å². The van der Waals surface area contributed by atoms with Crippen molar-refractivity contribution in [3.8, 4) is 0 Å². The molecule has 244 valence electrons. The van der Waals surface area contributed by atoms with Crippen LogP contribution in [0.15, 0.2) is 25.3 Å². The number of hydrogen-bond donors (Lipinski definition) is 1. The standard InChI is InChI=1S/C35H59N3O5/c1-12-19-36(20-13-2)29(40)26-27-30(41)38(25(22-39)24(6)15-4)28(35(27)18-17-34(26,16-5)43-35)31(42)37(21-14-3)33(10,11)23-32(7,8)9/h12,14,24-28,39H,1,3,13,15-23H2,2,4-11H3/t24-,25-,26-,27-,28?,34+,35?/m0/s1. The van der Waals surface area contributed by atoms with Crippen molar-refractivity contribution in [2.45, 2.75) is 130 Å². The van der Waals surface area contributed by atoms with Crippen molar-refractivity contribution in [3.63, 3.8) is 0 Å². The van der Waals surface area contributed by atoms with Crippen molar-refractivity contribution in [1.82, 2.24) is 14.7 Å². The van der Waals surface area contributed by atoms with Crippen LogP contribution in [0.1, 0.15) is 101 Å². The number of likely N-dealkylation sites (tertiary alicyclic amines) is 1. The summed E-state index contributed by atoms with van der Waals surface area (Å²) in [6.45, 7) is 27.5. The Morgan fingerprint density at radius 1 is 1.09 bits per heavy atom. The second-order valence-electron chi connectivity index (χ2n) is 15.1. The van der Waals surface area contributed by atoms with E-state index >= 15 is 4.79 Å². The first-order valence-corrected chi connectivity index (χ1v) is 16.5. The molecular weight excluding hydrogens is 542 g/mol. The summed E-state index contributed by atoms with van der Waals surface area (Å²) in [5, 5.41) is 10.7. The lowest BCUT2D eigenvalue weighted by Gasteiger charge is -2.47. The summed E-state index contributed by atoms with van der Waals surface area (Å²) >= 11 is 0. The number of ether oxygens (including phenoxy) is 1. The number of rotatable bonds is 15. The number of amides is 3. The predicted octanol–water partition coefficient (Wildman–Crippen LogP) is 5.20. The Kier molecular flexibility index (Phi) is 10.7. The van der Waals surface area contributed by atoms with Gasteiger partial charge in [0.05, 0.1) is 30.1 Å². The molecule has 7 atom stereocenters. The number of carbonyl (C=O) groups excluding carboxylic acids is 3. The van der Waals surface area contributed by atoms with Crippen molar-refractivity contribution >= 4 is 17.7 Å². The number of aliphatic hydroxyl groups is 1. The van der Waals surface area contributed by atoms with E-state index in [9.17, 15) is 14.7 Å². The van der Waals surface area contributed by atoms with Gasteiger partial charge in [0, 0.05) is 25.2 Å². The van der Waals surface area contributed by atoms with Gasteiger partial charge >= 0.3 is 0 Å². The predicted molar refractivity (Wildman–Crippen MR) is 171 cm³/mol. The quantitative estimate of drug-likeness (QED) is 0.261. The van der Waals surface area contributed by atoms with Crippen molar-refractivity contribution in [3.05, 3.63) is 25.3 Å². The SMILES string of the molecule is C=CCN(CCC)C(=O)[C@@H]1[C@H]2C(=O)N([C@@H](CO)[C@@H](C)CC)C(C(=O)N(CC=C)C(C)(C)CC(C)(C)C)C23CC[C@@]1(CC)O3. The highest BCUT2D eigenvalue weighted by Gasteiger charge is 2.79. The van der Waals surface area contributed by atoms with Gasteiger partial charge in [-0.2, -0.15) is 0 Å². The zero-order chi connectivity index (χ0) is 32.5. The maximum atomic E-state index is 15.1. The fraction of sp³-hybridized carbons (Fsp3) is 0.800. The molecular formula is C35H59N3O5. The van der Waals surface area contributed by atoms with E-state index in [2.05, 4.69) is 47.8 Å². The van der Waals surface area contributed by atoms with Crippen LogP contribution in [0, 0.1) is 23.2 Å². The normalized spacial score (nSPS) is 29.8. The largest absolute Gasteiger partial charge is 0.394 e. The molecule has 1 N–H and O–H groups in total. The molecule has 3 heterocycles. The molecule has 3 saturated heterocycles. The molecule has 0 aromatic carbocycles. The van der Waals surface area contributed by atoms with Crippen molar-refractivity contribution in [2.75, 3.05) is 26.2 Å². The minimum absolute atomic E-state index is 0.0560. The lowest BCUT2D eigenvalue weighted by Crippen LogP contribution is -2.63. The lowest BCUT2D eigenvalue weighted by atomic mass is 9.64. The van der Waals surface area contributed by atoms with Crippen molar-refractivity contribution in [1.29, 1.82) is 0 Å². The van der Waals surface area contributed by atoms with E-state index in [0.717, 1.165) is 19.3 Å². The molecule has 3 rings (SSSR count). The third kappa shape index (κ3) is 6.07. The smallest absolute Gasteiger partial charge is 0.249 e. The van der Waals surface area contributed by atoms with Crippen LogP contribution in [0.5, 0.6) is 0 Å². The number of hydrogen-bond acceptors (Lipinski definition) is 5.